The second kappa shape index (κ2) is 23.5. The molecule has 1 unspecified atom stereocenters. The van der Waals surface area contributed by atoms with Crippen LogP contribution in [0.2, 0.25) is 0 Å². The molecule has 0 aliphatic heterocycles. The first-order valence-electron chi connectivity index (χ1n) is 10.5. The molecule has 0 radical (unpaired) electrons. The Morgan fingerprint density at radius 2 is 0.867 bits per heavy atom. The van der Waals surface area contributed by atoms with E-state index >= 15 is 0 Å². The third-order valence-electron chi connectivity index (χ3n) is 3.51. The molecule has 0 aromatic rings. The standard InChI is InChI=1S/C19H41O10P/c1-3-29-30(2,21)19-18-28-17-16-27-15-14-26-13-12-25-11-10-24-9-8-23-7-6-22-5-4-20/h20H,3-19H2,1-2H3. The van der Waals surface area contributed by atoms with Crippen LogP contribution >= 0.6 is 7.37 Å². The molecular weight excluding hydrogens is 419 g/mol. The van der Waals surface area contributed by atoms with E-state index in [1.165, 1.54) is 0 Å². The lowest BCUT2D eigenvalue weighted by Gasteiger charge is -2.12. The first kappa shape index (κ1) is 29.9. The van der Waals surface area contributed by atoms with Crippen LogP contribution in [0.4, 0.5) is 0 Å². The number of rotatable bonds is 25. The lowest BCUT2D eigenvalue weighted by atomic mass is 10.6. The molecule has 0 saturated heterocycles. The molecule has 10 nitrogen and oxygen atoms in total. The summed E-state index contributed by atoms with van der Waals surface area (Å²) < 4.78 is 54.3. The van der Waals surface area contributed by atoms with Gasteiger partial charge in [0.15, 0.2) is 0 Å². The highest BCUT2D eigenvalue weighted by molar-refractivity contribution is 7.58. The minimum absolute atomic E-state index is 0.0268. The van der Waals surface area contributed by atoms with Crippen molar-refractivity contribution < 1.29 is 47.4 Å². The Bertz CT molecular complexity index is 386. The fourth-order valence-electron chi connectivity index (χ4n) is 2.05. The maximum atomic E-state index is 11.8. The highest BCUT2D eigenvalue weighted by Crippen LogP contribution is 2.41. The van der Waals surface area contributed by atoms with Crippen molar-refractivity contribution in [2.75, 3.05) is 119 Å². The lowest BCUT2D eigenvalue weighted by molar-refractivity contribution is -0.0211. The van der Waals surface area contributed by atoms with Gasteiger partial charge in [-0.3, -0.25) is 4.57 Å². The predicted molar refractivity (Wildman–Crippen MR) is 113 cm³/mol. The third-order valence-corrected chi connectivity index (χ3v) is 5.31. The molecule has 0 aromatic heterocycles. The van der Waals surface area contributed by atoms with Gasteiger partial charge in [0.25, 0.3) is 0 Å². The van der Waals surface area contributed by atoms with Crippen LogP contribution < -0.4 is 0 Å². The van der Waals surface area contributed by atoms with E-state index in [1.54, 1.807) is 6.66 Å². The van der Waals surface area contributed by atoms with E-state index in [2.05, 4.69) is 0 Å². The van der Waals surface area contributed by atoms with Gasteiger partial charge in [0, 0.05) is 12.8 Å². The largest absolute Gasteiger partial charge is 0.394 e. The van der Waals surface area contributed by atoms with Crippen molar-refractivity contribution in [3.05, 3.63) is 0 Å². The van der Waals surface area contributed by atoms with E-state index in [0.717, 1.165) is 0 Å². The van der Waals surface area contributed by atoms with Gasteiger partial charge in [0.2, 0.25) is 7.37 Å². The number of aliphatic hydroxyl groups is 1. The average Bonchev–Trinajstić information content (AvgIpc) is 2.71. The Hall–Kier alpha value is -0.130. The van der Waals surface area contributed by atoms with E-state index in [9.17, 15) is 4.57 Å². The van der Waals surface area contributed by atoms with Gasteiger partial charge < -0.3 is 42.8 Å². The maximum Gasteiger partial charge on any atom is 0.202 e. The fraction of sp³-hybridized carbons (Fsp3) is 1.00. The molecule has 0 bridgehead atoms. The molecule has 0 aliphatic carbocycles. The molecule has 182 valence electrons. The van der Waals surface area contributed by atoms with Crippen molar-refractivity contribution in [3.63, 3.8) is 0 Å². The summed E-state index contributed by atoms with van der Waals surface area (Å²) in [5.74, 6) is 0. The van der Waals surface area contributed by atoms with Crippen molar-refractivity contribution in [2.24, 2.45) is 0 Å². The first-order valence-corrected chi connectivity index (χ1v) is 12.7. The van der Waals surface area contributed by atoms with Gasteiger partial charge in [0.05, 0.1) is 106 Å². The Labute approximate surface area is 180 Å². The quantitative estimate of drug-likeness (QED) is 0.157. The van der Waals surface area contributed by atoms with Crippen LogP contribution in [0, 0.1) is 0 Å². The molecule has 11 heteroatoms. The van der Waals surface area contributed by atoms with Gasteiger partial charge in [-0.2, -0.15) is 0 Å². The Kier molecular flexibility index (Phi) is 23.4. The topological polar surface area (TPSA) is 111 Å². The van der Waals surface area contributed by atoms with Crippen LogP contribution in [-0.4, -0.2) is 124 Å². The highest BCUT2D eigenvalue weighted by atomic mass is 31.2. The van der Waals surface area contributed by atoms with E-state index < -0.39 is 7.37 Å². The maximum absolute atomic E-state index is 11.8. The molecule has 1 N–H and O–H groups in total. The molecule has 0 aliphatic rings. The van der Waals surface area contributed by atoms with Crippen molar-refractivity contribution >= 4 is 7.37 Å². The zero-order valence-electron chi connectivity index (χ0n) is 18.6. The molecular formula is C19H41O10P. The van der Waals surface area contributed by atoms with Gasteiger partial charge in [-0.25, -0.2) is 0 Å². The number of hydrogen-bond acceptors (Lipinski definition) is 10. The normalized spacial score (nSPS) is 13.6. The van der Waals surface area contributed by atoms with E-state index in [-0.39, 0.29) is 6.61 Å². The summed E-state index contributed by atoms with van der Waals surface area (Å²) in [4.78, 5) is 0. The average molecular weight is 461 g/mol. The monoisotopic (exact) mass is 460 g/mol. The zero-order chi connectivity index (χ0) is 22.2. The van der Waals surface area contributed by atoms with E-state index in [0.29, 0.717) is 105 Å². The summed E-state index contributed by atoms with van der Waals surface area (Å²) >= 11 is 0. The zero-order valence-corrected chi connectivity index (χ0v) is 19.5. The second-order valence-electron chi connectivity index (χ2n) is 6.17. The van der Waals surface area contributed by atoms with Gasteiger partial charge in [-0.15, -0.1) is 0 Å². The summed E-state index contributed by atoms with van der Waals surface area (Å²) in [6, 6.07) is 0. The lowest BCUT2D eigenvalue weighted by Crippen LogP contribution is -2.15. The summed E-state index contributed by atoms with van der Waals surface area (Å²) in [7, 11) is -2.51. The van der Waals surface area contributed by atoms with Gasteiger partial charge in [0.1, 0.15) is 0 Å². The number of aliphatic hydroxyl groups excluding tert-OH is 1. The van der Waals surface area contributed by atoms with Gasteiger partial charge in [-0.05, 0) is 6.92 Å². The molecule has 0 saturated carbocycles. The van der Waals surface area contributed by atoms with Crippen LogP contribution in [0.5, 0.6) is 0 Å². The van der Waals surface area contributed by atoms with Crippen molar-refractivity contribution in [1.82, 2.24) is 0 Å². The van der Waals surface area contributed by atoms with Crippen LogP contribution in [0.25, 0.3) is 0 Å². The van der Waals surface area contributed by atoms with Crippen molar-refractivity contribution in [3.8, 4) is 0 Å². The van der Waals surface area contributed by atoms with Crippen LogP contribution in [0.15, 0.2) is 0 Å². The minimum atomic E-state index is -2.51. The fourth-order valence-corrected chi connectivity index (χ4v) is 3.19. The van der Waals surface area contributed by atoms with E-state index in [4.69, 9.17) is 42.8 Å². The summed E-state index contributed by atoms with van der Waals surface area (Å²) in [5.41, 5.74) is 0. The van der Waals surface area contributed by atoms with Crippen molar-refractivity contribution in [1.29, 1.82) is 0 Å². The molecule has 0 aromatic carbocycles. The third kappa shape index (κ3) is 24.1. The van der Waals surface area contributed by atoms with E-state index in [1.807, 2.05) is 6.92 Å². The molecule has 0 spiro atoms. The Morgan fingerprint density at radius 3 is 1.17 bits per heavy atom. The summed E-state index contributed by atoms with van der Waals surface area (Å²) in [6.45, 7) is 10.6. The molecule has 1 atom stereocenters. The highest BCUT2D eigenvalue weighted by Gasteiger charge is 2.14. The molecule has 0 amide bonds. The molecule has 0 fully saturated rings. The first-order chi connectivity index (χ1) is 14.6. The SMILES string of the molecule is CCOP(C)(=O)CCOCCOCCOCCOCCOCCOCCOCCO. The summed E-state index contributed by atoms with van der Waals surface area (Å²) in [6.07, 6.45) is 0.421. The summed E-state index contributed by atoms with van der Waals surface area (Å²) in [5, 5.41) is 8.53. The molecule has 30 heavy (non-hydrogen) atoms. The van der Waals surface area contributed by atoms with Crippen LogP contribution in [0.3, 0.4) is 0 Å². The van der Waals surface area contributed by atoms with Crippen LogP contribution in [-0.2, 0) is 42.2 Å². The van der Waals surface area contributed by atoms with Gasteiger partial charge in [-0.1, -0.05) is 0 Å². The Morgan fingerprint density at radius 1 is 0.567 bits per heavy atom. The van der Waals surface area contributed by atoms with Crippen LogP contribution in [0.1, 0.15) is 6.92 Å². The van der Waals surface area contributed by atoms with Gasteiger partial charge >= 0.3 is 0 Å². The number of ether oxygens (including phenoxy) is 7. The number of hydrogen-bond donors (Lipinski definition) is 1. The molecule has 0 rings (SSSR count). The smallest absolute Gasteiger partial charge is 0.202 e. The molecule has 0 heterocycles. The Balaban J connectivity index is 3.09. The van der Waals surface area contributed by atoms with Crippen molar-refractivity contribution in [2.45, 2.75) is 6.92 Å². The predicted octanol–water partition coefficient (Wildman–Crippen LogP) is 1.04. The minimum Gasteiger partial charge on any atom is -0.394 e. The second-order valence-corrected chi connectivity index (χ2v) is 8.90.